The fourth-order valence-corrected chi connectivity index (χ4v) is 3.06. The molecule has 5 heteroatoms. The number of nitrogens with zero attached hydrogens (tertiary/aromatic N) is 2. The van der Waals surface area contributed by atoms with Crippen molar-refractivity contribution in [2.45, 2.75) is 18.9 Å². The summed E-state index contributed by atoms with van der Waals surface area (Å²) in [5.74, 6) is -0.0187. The summed E-state index contributed by atoms with van der Waals surface area (Å²) in [6.07, 6.45) is 1.73. The monoisotopic (exact) mass is 284 g/mol. The highest BCUT2D eigenvalue weighted by Gasteiger charge is 2.29. The molecule has 1 fully saturated rings. The molecular formula is C10H9BrN2OS. The van der Waals surface area contributed by atoms with E-state index in [-0.39, 0.29) is 11.9 Å². The first-order valence-corrected chi connectivity index (χ1v) is 6.29. The van der Waals surface area contributed by atoms with Gasteiger partial charge in [-0.3, -0.25) is 4.79 Å². The summed E-state index contributed by atoms with van der Waals surface area (Å²) in [6, 6.07) is 5.58. The first kappa shape index (κ1) is 10.7. The Morgan fingerprint density at radius 1 is 1.67 bits per heavy atom. The molecule has 1 atom stereocenters. The number of carbonyl (C=O) groups excluding carboxylic acids is 1. The highest BCUT2D eigenvalue weighted by atomic mass is 79.9. The van der Waals surface area contributed by atoms with E-state index in [1.54, 1.807) is 11.0 Å². The molecule has 1 aromatic rings. The van der Waals surface area contributed by atoms with Gasteiger partial charge in [-0.2, -0.15) is 5.26 Å². The minimum atomic E-state index is -0.238. The summed E-state index contributed by atoms with van der Waals surface area (Å²) in [6.45, 7) is 0.701. The zero-order valence-corrected chi connectivity index (χ0v) is 10.3. The average molecular weight is 285 g/mol. The Labute approximate surface area is 100 Å². The first-order valence-electron chi connectivity index (χ1n) is 4.68. The van der Waals surface area contributed by atoms with Crippen molar-refractivity contribution >= 4 is 33.2 Å². The van der Waals surface area contributed by atoms with Crippen LogP contribution in [0.4, 0.5) is 0 Å². The van der Waals surface area contributed by atoms with Gasteiger partial charge in [0.25, 0.3) is 5.91 Å². The van der Waals surface area contributed by atoms with Crippen LogP contribution in [0.25, 0.3) is 0 Å². The maximum absolute atomic E-state index is 12.0. The Bertz CT molecular complexity index is 423. The van der Waals surface area contributed by atoms with Crippen molar-refractivity contribution in [2.24, 2.45) is 0 Å². The summed E-state index contributed by atoms with van der Waals surface area (Å²) in [5.41, 5.74) is 0. The molecule has 0 aliphatic carbocycles. The molecule has 1 aliphatic rings. The maximum Gasteiger partial charge on any atom is 0.265 e. The predicted octanol–water partition coefficient (Wildman–Crippen LogP) is 2.64. The van der Waals surface area contributed by atoms with Crippen molar-refractivity contribution < 1.29 is 4.79 Å². The van der Waals surface area contributed by atoms with E-state index < -0.39 is 0 Å². The molecule has 0 radical (unpaired) electrons. The fraction of sp³-hybridized carbons (Fsp3) is 0.400. The van der Waals surface area contributed by atoms with Gasteiger partial charge >= 0.3 is 0 Å². The summed E-state index contributed by atoms with van der Waals surface area (Å²) in [7, 11) is 0. The van der Waals surface area contributed by atoms with Gasteiger partial charge in [0.1, 0.15) is 6.04 Å². The van der Waals surface area contributed by atoms with Gasteiger partial charge in [0.2, 0.25) is 0 Å². The van der Waals surface area contributed by atoms with Gasteiger partial charge in [0.05, 0.1) is 14.7 Å². The SMILES string of the molecule is N#CC1CCCN1C(=O)c1ccc(Br)s1. The van der Waals surface area contributed by atoms with Gasteiger partial charge in [-0.15, -0.1) is 11.3 Å². The highest BCUT2D eigenvalue weighted by Crippen LogP contribution is 2.26. The summed E-state index contributed by atoms with van der Waals surface area (Å²) >= 11 is 4.74. The topological polar surface area (TPSA) is 44.1 Å². The second-order valence-electron chi connectivity index (χ2n) is 3.39. The van der Waals surface area contributed by atoms with E-state index in [1.165, 1.54) is 11.3 Å². The number of hydrogen-bond donors (Lipinski definition) is 0. The number of carbonyl (C=O) groups is 1. The van der Waals surface area contributed by atoms with Crippen LogP contribution in [-0.4, -0.2) is 23.4 Å². The van der Waals surface area contributed by atoms with Crippen LogP contribution in [0.15, 0.2) is 15.9 Å². The minimum Gasteiger partial charge on any atom is -0.322 e. The third-order valence-electron chi connectivity index (χ3n) is 2.45. The van der Waals surface area contributed by atoms with Gasteiger partial charge < -0.3 is 4.90 Å². The molecule has 1 amide bonds. The van der Waals surface area contributed by atoms with E-state index in [0.29, 0.717) is 11.4 Å². The normalized spacial score (nSPS) is 20.3. The van der Waals surface area contributed by atoms with Crippen molar-refractivity contribution in [3.05, 3.63) is 20.8 Å². The highest BCUT2D eigenvalue weighted by molar-refractivity contribution is 9.11. The number of halogens is 1. The quantitative estimate of drug-likeness (QED) is 0.796. The van der Waals surface area contributed by atoms with Crippen molar-refractivity contribution in [2.75, 3.05) is 6.54 Å². The van der Waals surface area contributed by atoms with Crippen molar-refractivity contribution in [1.29, 1.82) is 5.26 Å². The smallest absolute Gasteiger partial charge is 0.265 e. The number of thiophene rings is 1. The Morgan fingerprint density at radius 2 is 2.47 bits per heavy atom. The van der Waals surface area contributed by atoms with E-state index in [1.807, 2.05) is 6.07 Å². The second kappa shape index (κ2) is 4.33. The number of hydrogen-bond acceptors (Lipinski definition) is 3. The molecule has 0 spiro atoms. The standard InChI is InChI=1S/C10H9BrN2OS/c11-9-4-3-8(15-9)10(14)13-5-1-2-7(13)6-12/h3-4,7H,1-2,5H2. The van der Waals surface area contributed by atoms with Crippen molar-refractivity contribution in [3.63, 3.8) is 0 Å². The Morgan fingerprint density at radius 3 is 3.07 bits per heavy atom. The third-order valence-corrected chi connectivity index (χ3v) is 4.06. The zero-order valence-electron chi connectivity index (χ0n) is 7.94. The molecule has 15 heavy (non-hydrogen) atoms. The fourth-order valence-electron chi connectivity index (χ4n) is 1.71. The van der Waals surface area contributed by atoms with Crippen LogP contribution < -0.4 is 0 Å². The molecular weight excluding hydrogens is 276 g/mol. The molecule has 0 aromatic carbocycles. The molecule has 3 nitrogen and oxygen atoms in total. The van der Waals surface area contributed by atoms with Crippen LogP contribution in [-0.2, 0) is 0 Å². The van der Waals surface area contributed by atoms with Crippen LogP contribution in [0.3, 0.4) is 0 Å². The lowest BCUT2D eigenvalue weighted by molar-refractivity contribution is 0.0769. The van der Waals surface area contributed by atoms with E-state index in [4.69, 9.17) is 5.26 Å². The summed E-state index contributed by atoms with van der Waals surface area (Å²) in [4.78, 5) is 14.4. The van der Waals surface area contributed by atoms with Crippen LogP contribution >= 0.6 is 27.3 Å². The Hall–Kier alpha value is -0.860. The van der Waals surface area contributed by atoms with E-state index in [0.717, 1.165) is 16.6 Å². The van der Waals surface area contributed by atoms with E-state index >= 15 is 0 Å². The third kappa shape index (κ3) is 2.06. The molecule has 1 aromatic heterocycles. The number of nitriles is 1. The van der Waals surface area contributed by atoms with Crippen LogP contribution in [0.5, 0.6) is 0 Å². The lowest BCUT2D eigenvalue weighted by atomic mass is 10.2. The molecule has 0 saturated carbocycles. The predicted molar refractivity (Wildman–Crippen MR) is 61.7 cm³/mol. The maximum atomic E-state index is 12.0. The molecule has 0 bridgehead atoms. The van der Waals surface area contributed by atoms with Gasteiger partial charge in [-0.05, 0) is 40.9 Å². The van der Waals surface area contributed by atoms with Gasteiger partial charge in [-0.25, -0.2) is 0 Å². The van der Waals surface area contributed by atoms with Gasteiger partial charge in [0, 0.05) is 6.54 Å². The number of likely N-dealkylation sites (tertiary alicyclic amines) is 1. The van der Waals surface area contributed by atoms with Gasteiger partial charge in [-0.1, -0.05) is 0 Å². The molecule has 1 saturated heterocycles. The van der Waals surface area contributed by atoms with Crippen LogP contribution in [0.2, 0.25) is 0 Å². The van der Waals surface area contributed by atoms with Crippen molar-refractivity contribution in [1.82, 2.24) is 4.90 Å². The summed E-state index contributed by atoms with van der Waals surface area (Å²) in [5, 5.41) is 8.89. The summed E-state index contributed by atoms with van der Waals surface area (Å²) < 4.78 is 0.943. The molecule has 1 unspecified atom stereocenters. The molecule has 2 rings (SSSR count). The lowest BCUT2D eigenvalue weighted by Gasteiger charge is -2.18. The molecule has 2 heterocycles. The van der Waals surface area contributed by atoms with Crippen molar-refractivity contribution in [3.8, 4) is 6.07 Å². The van der Waals surface area contributed by atoms with Gasteiger partial charge in [0.15, 0.2) is 0 Å². The second-order valence-corrected chi connectivity index (χ2v) is 5.85. The Balaban J connectivity index is 2.18. The minimum absolute atomic E-state index is 0.0187. The first-order chi connectivity index (χ1) is 7.22. The average Bonchev–Trinajstić information content (AvgIpc) is 2.84. The van der Waals surface area contributed by atoms with Crippen LogP contribution in [0.1, 0.15) is 22.5 Å². The van der Waals surface area contributed by atoms with E-state index in [9.17, 15) is 4.79 Å². The molecule has 78 valence electrons. The number of rotatable bonds is 1. The largest absolute Gasteiger partial charge is 0.322 e. The Kier molecular flexibility index (Phi) is 3.08. The lowest BCUT2D eigenvalue weighted by Crippen LogP contribution is -2.34. The number of amides is 1. The zero-order chi connectivity index (χ0) is 10.8. The van der Waals surface area contributed by atoms with Crippen LogP contribution in [0, 0.1) is 11.3 Å². The van der Waals surface area contributed by atoms with E-state index in [2.05, 4.69) is 22.0 Å². The molecule has 0 N–H and O–H groups in total. The molecule has 1 aliphatic heterocycles.